The van der Waals surface area contributed by atoms with Crippen molar-refractivity contribution in [1.29, 1.82) is 0 Å². The van der Waals surface area contributed by atoms with Crippen LogP contribution in [-0.2, 0) is 6.54 Å². The minimum atomic E-state index is 0.183. The standard InChI is InChI=1S/C12H21N3O/c1-10(2)15-9-14-6-11(15)5-13-7-12(8-16)3-4-12/h6,9-10,13,16H,3-5,7-8H2,1-2H3. The highest BCUT2D eigenvalue weighted by Gasteiger charge is 2.41. The molecule has 1 aliphatic rings. The Bertz CT molecular complexity index is 342. The van der Waals surface area contributed by atoms with Crippen LogP contribution in [0.5, 0.6) is 0 Å². The molecule has 2 rings (SSSR count). The van der Waals surface area contributed by atoms with Gasteiger partial charge in [0.1, 0.15) is 0 Å². The number of nitrogens with one attached hydrogen (secondary N) is 1. The molecule has 1 fully saturated rings. The second kappa shape index (κ2) is 4.55. The van der Waals surface area contributed by atoms with E-state index in [1.54, 1.807) is 0 Å². The van der Waals surface area contributed by atoms with Crippen LogP contribution in [0.3, 0.4) is 0 Å². The van der Waals surface area contributed by atoms with Gasteiger partial charge in [0.2, 0.25) is 0 Å². The van der Waals surface area contributed by atoms with Gasteiger partial charge >= 0.3 is 0 Å². The molecule has 0 bridgehead atoms. The molecule has 90 valence electrons. The summed E-state index contributed by atoms with van der Waals surface area (Å²) in [5, 5.41) is 12.6. The van der Waals surface area contributed by atoms with Crippen LogP contribution in [0.4, 0.5) is 0 Å². The lowest BCUT2D eigenvalue weighted by Crippen LogP contribution is -2.27. The quantitative estimate of drug-likeness (QED) is 0.765. The van der Waals surface area contributed by atoms with E-state index in [1.807, 2.05) is 12.5 Å². The minimum absolute atomic E-state index is 0.183. The molecule has 1 saturated carbocycles. The van der Waals surface area contributed by atoms with Gasteiger partial charge in [0.25, 0.3) is 0 Å². The van der Waals surface area contributed by atoms with Crippen molar-refractivity contribution in [2.24, 2.45) is 5.41 Å². The second-order valence-corrected chi connectivity index (χ2v) is 5.15. The van der Waals surface area contributed by atoms with Crippen LogP contribution in [0.15, 0.2) is 12.5 Å². The van der Waals surface area contributed by atoms with Crippen molar-refractivity contribution in [3.8, 4) is 0 Å². The van der Waals surface area contributed by atoms with Gasteiger partial charge in [-0.1, -0.05) is 0 Å². The van der Waals surface area contributed by atoms with Gasteiger partial charge in [-0.3, -0.25) is 0 Å². The molecule has 0 aliphatic heterocycles. The first kappa shape index (κ1) is 11.6. The number of aliphatic hydroxyl groups excluding tert-OH is 1. The molecule has 0 saturated heterocycles. The molecule has 0 aromatic carbocycles. The third-order valence-corrected chi connectivity index (χ3v) is 3.40. The second-order valence-electron chi connectivity index (χ2n) is 5.15. The lowest BCUT2D eigenvalue weighted by Gasteiger charge is -2.15. The molecule has 1 aromatic rings. The predicted molar refractivity (Wildman–Crippen MR) is 63.1 cm³/mol. The number of hydrogen-bond donors (Lipinski definition) is 2. The first-order chi connectivity index (χ1) is 7.67. The fourth-order valence-electron chi connectivity index (χ4n) is 1.96. The van der Waals surface area contributed by atoms with Crippen LogP contribution in [0.1, 0.15) is 38.4 Å². The molecule has 1 aliphatic carbocycles. The van der Waals surface area contributed by atoms with Crippen molar-refractivity contribution in [3.63, 3.8) is 0 Å². The average molecular weight is 223 g/mol. The maximum Gasteiger partial charge on any atom is 0.0951 e. The maximum absolute atomic E-state index is 9.20. The van der Waals surface area contributed by atoms with Crippen LogP contribution < -0.4 is 5.32 Å². The summed E-state index contributed by atoms with van der Waals surface area (Å²) < 4.78 is 2.17. The van der Waals surface area contributed by atoms with Crippen LogP contribution in [0.25, 0.3) is 0 Å². The van der Waals surface area contributed by atoms with Gasteiger partial charge in [-0.2, -0.15) is 0 Å². The van der Waals surface area contributed by atoms with Gasteiger partial charge in [0.05, 0.1) is 12.0 Å². The average Bonchev–Trinajstić information content (AvgIpc) is 2.88. The van der Waals surface area contributed by atoms with E-state index in [1.165, 1.54) is 5.69 Å². The molecule has 4 nitrogen and oxygen atoms in total. The summed E-state index contributed by atoms with van der Waals surface area (Å²) >= 11 is 0. The summed E-state index contributed by atoms with van der Waals surface area (Å²) in [7, 11) is 0. The largest absolute Gasteiger partial charge is 0.396 e. The highest BCUT2D eigenvalue weighted by molar-refractivity contribution is 5.01. The van der Waals surface area contributed by atoms with Crippen LogP contribution in [0.2, 0.25) is 0 Å². The summed E-state index contributed by atoms with van der Waals surface area (Å²) in [4.78, 5) is 4.17. The Balaban J connectivity index is 1.83. The number of imidazole rings is 1. The van der Waals surface area contributed by atoms with E-state index < -0.39 is 0 Å². The van der Waals surface area contributed by atoms with E-state index in [-0.39, 0.29) is 5.41 Å². The Morgan fingerprint density at radius 2 is 2.31 bits per heavy atom. The molecular weight excluding hydrogens is 202 g/mol. The van der Waals surface area contributed by atoms with Gasteiger partial charge in [0, 0.05) is 37.4 Å². The van der Waals surface area contributed by atoms with Crippen molar-refractivity contribution in [2.45, 2.75) is 39.3 Å². The van der Waals surface area contributed by atoms with Crippen LogP contribution in [0, 0.1) is 5.41 Å². The minimum Gasteiger partial charge on any atom is -0.396 e. The fourth-order valence-corrected chi connectivity index (χ4v) is 1.96. The Kier molecular flexibility index (Phi) is 3.30. The zero-order valence-corrected chi connectivity index (χ0v) is 10.1. The molecule has 0 spiro atoms. The molecule has 0 unspecified atom stereocenters. The monoisotopic (exact) mass is 223 g/mol. The summed E-state index contributed by atoms with van der Waals surface area (Å²) in [6, 6.07) is 0.451. The number of nitrogens with zero attached hydrogens (tertiary/aromatic N) is 2. The third kappa shape index (κ3) is 2.44. The lowest BCUT2D eigenvalue weighted by molar-refractivity contribution is 0.207. The normalized spacial score (nSPS) is 18.0. The van der Waals surface area contributed by atoms with E-state index >= 15 is 0 Å². The van der Waals surface area contributed by atoms with Crippen molar-refractivity contribution in [2.75, 3.05) is 13.2 Å². The highest BCUT2D eigenvalue weighted by Crippen LogP contribution is 2.44. The summed E-state index contributed by atoms with van der Waals surface area (Å²) in [5.41, 5.74) is 1.40. The van der Waals surface area contributed by atoms with Gasteiger partial charge < -0.3 is 15.0 Å². The number of hydrogen-bond acceptors (Lipinski definition) is 3. The first-order valence-electron chi connectivity index (χ1n) is 5.99. The Labute approximate surface area is 96.7 Å². The predicted octanol–water partition coefficient (Wildman–Crippen LogP) is 1.33. The molecule has 0 atom stereocenters. The van der Waals surface area contributed by atoms with Crippen molar-refractivity contribution in [1.82, 2.24) is 14.9 Å². The van der Waals surface area contributed by atoms with Gasteiger partial charge in [-0.15, -0.1) is 0 Å². The Morgan fingerprint density at radius 3 is 2.88 bits per heavy atom. The third-order valence-electron chi connectivity index (χ3n) is 3.40. The molecule has 1 heterocycles. The van der Waals surface area contributed by atoms with Gasteiger partial charge in [-0.25, -0.2) is 4.98 Å². The summed E-state index contributed by atoms with van der Waals surface area (Å²) in [6.45, 7) is 6.36. The molecule has 0 amide bonds. The smallest absolute Gasteiger partial charge is 0.0951 e. The van der Waals surface area contributed by atoms with Crippen molar-refractivity contribution >= 4 is 0 Å². The van der Waals surface area contributed by atoms with E-state index in [4.69, 9.17) is 0 Å². The molecule has 2 N–H and O–H groups in total. The van der Waals surface area contributed by atoms with Crippen LogP contribution >= 0.6 is 0 Å². The zero-order valence-electron chi connectivity index (χ0n) is 10.1. The van der Waals surface area contributed by atoms with E-state index in [9.17, 15) is 5.11 Å². The van der Waals surface area contributed by atoms with Gasteiger partial charge in [0.15, 0.2) is 0 Å². The topological polar surface area (TPSA) is 50.1 Å². The molecule has 0 radical (unpaired) electrons. The van der Waals surface area contributed by atoms with Crippen molar-refractivity contribution in [3.05, 3.63) is 18.2 Å². The summed E-state index contributed by atoms with van der Waals surface area (Å²) in [5.74, 6) is 0. The van der Waals surface area contributed by atoms with Crippen molar-refractivity contribution < 1.29 is 5.11 Å². The number of aromatic nitrogens is 2. The first-order valence-corrected chi connectivity index (χ1v) is 5.99. The van der Waals surface area contributed by atoms with Crippen LogP contribution in [-0.4, -0.2) is 27.8 Å². The SMILES string of the molecule is CC(C)n1cncc1CNCC1(CO)CC1. The zero-order chi connectivity index (χ0) is 11.6. The molecule has 4 heteroatoms. The molecule has 16 heavy (non-hydrogen) atoms. The Hall–Kier alpha value is -0.870. The fraction of sp³-hybridized carbons (Fsp3) is 0.750. The Morgan fingerprint density at radius 1 is 1.56 bits per heavy atom. The number of aliphatic hydroxyl groups is 1. The van der Waals surface area contributed by atoms with E-state index in [2.05, 4.69) is 28.7 Å². The van der Waals surface area contributed by atoms with Gasteiger partial charge in [-0.05, 0) is 26.7 Å². The molecular formula is C12H21N3O. The molecule has 1 aromatic heterocycles. The lowest BCUT2D eigenvalue weighted by atomic mass is 10.1. The highest BCUT2D eigenvalue weighted by atomic mass is 16.3. The summed E-state index contributed by atoms with van der Waals surface area (Å²) in [6.07, 6.45) is 6.09. The van der Waals surface area contributed by atoms with E-state index in [0.717, 1.165) is 25.9 Å². The maximum atomic E-state index is 9.20. The number of rotatable bonds is 6. The van der Waals surface area contributed by atoms with E-state index in [0.29, 0.717) is 12.6 Å².